The average Bonchev–Trinajstić information content (AvgIpc) is 2.68. The van der Waals surface area contributed by atoms with Gasteiger partial charge >= 0.3 is 0 Å². The molecule has 4 nitrogen and oxygen atoms in total. The van der Waals surface area contributed by atoms with E-state index in [4.69, 9.17) is 14.7 Å². The predicted molar refractivity (Wildman–Crippen MR) is 95.8 cm³/mol. The van der Waals surface area contributed by atoms with Crippen molar-refractivity contribution in [1.29, 1.82) is 0 Å². The SMILES string of the molecule is COC1CCNc2nc(-c3ccccc3)c(-c3ccccc3)nc21. The summed E-state index contributed by atoms with van der Waals surface area (Å²) in [5.74, 6) is 0.826. The third kappa shape index (κ3) is 2.65. The lowest BCUT2D eigenvalue weighted by Gasteiger charge is -2.25. The van der Waals surface area contributed by atoms with Crippen molar-refractivity contribution in [3.63, 3.8) is 0 Å². The van der Waals surface area contributed by atoms with Crippen molar-refractivity contribution < 1.29 is 4.74 Å². The second-order valence-corrected chi connectivity index (χ2v) is 5.83. The minimum atomic E-state index is -0.0129. The van der Waals surface area contributed by atoms with Crippen LogP contribution in [0.2, 0.25) is 0 Å². The highest BCUT2D eigenvalue weighted by atomic mass is 16.5. The molecule has 120 valence electrons. The number of hydrogen-bond donors (Lipinski definition) is 1. The molecule has 1 unspecified atom stereocenters. The summed E-state index contributed by atoms with van der Waals surface area (Å²) in [5, 5.41) is 3.36. The Balaban J connectivity index is 1.95. The van der Waals surface area contributed by atoms with Gasteiger partial charge in [0.1, 0.15) is 11.8 Å². The first-order valence-corrected chi connectivity index (χ1v) is 8.16. The van der Waals surface area contributed by atoms with Crippen LogP contribution < -0.4 is 5.32 Å². The zero-order valence-electron chi connectivity index (χ0n) is 13.6. The van der Waals surface area contributed by atoms with E-state index in [2.05, 4.69) is 29.6 Å². The van der Waals surface area contributed by atoms with Crippen molar-refractivity contribution >= 4 is 5.82 Å². The lowest BCUT2D eigenvalue weighted by molar-refractivity contribution is 0.0925. The van der Waals surface area contributed by atoms with Gasteiger partial charge in [0.25, 0.3) is 0 Å². The quantitative estimate of drug-likeness (QED) is 0.782. The first kappa shape index (κ1) is 14.8. The molecule has 24 heavy (non-hydrogen) atoms. The zero-order valence-corrected chi connectivity index (χ0v) is 13.6. The fraction of sp³-hybridized carbons (Fsp3) is 0.200. The lowest BCUT2D eigenvalue weighted by atomic mass is 10.0. The van der Waals surface area contributed by atoms with E-state index >= 15 is 0 Å². The Bertz CT molecular complexity index is 834. The minimum absolute atomic E-state index is 0.0129. The summed E-state index contributed by atoms with van der Waals surface area (Å²) in [5.41, 5.74) is 4.80. The molecule has 1 aliphatic heterocycles. The summed E-state index contributed by atoms with van der Waals surface area (Å²) in [7, 11) is 1.73. The number of anilines is 1. The summed E-state index contributed by atoms with van der Waals surface area (Å²) in [6.45, 7) is 0.846. The highest BCUT2D eigenvalue weighted by Crippen LogP contribution is 2.36. The van der Waals surface area contributed by atoms with Crippen LogP contribution in [0.15, 0.2) is 60.7 Å². The average molecular weight is 317 g/mol. The zero-order chi connectivity index (χ0) is 16.4. The third-order valence-corrected chi connectivity index (χ3v) is 4.31. The number of nitrogens with one attached hydrogen (secondary N) is 1. The molecule has 0 aliphatic carbocycles. The number of methoxy groups -OCH3 is 1. The van der Waals surface area contributed by atoms with Crippen molar-refractivity contribution in [3.8, 4) is 22.5 Å². The standard InChI is InChI=1S/C20H19N3O/c1-24-16-12-13-21-20-19(16)22-17(14-8-4-2-5-9-14)18(23-20)15-10-6-3-7-11-15/h2-11,16H,12-13H2,1H3,(H,21,23). The Hall–Kier alpha value is -2.72. The normalized spacial score (nSPS) is 16.3. The first-order chi connectivity index (χ1) is 11.9. The van der Waals surface area contributed by atoms with Crippen LogP contribution in [0, 0.1) is 0 Å². The van der Waals surface area contributed by atoms with Crippen molar-refractivity contribution in [2.24, 2.45) is 0 Å². The van der Waals surface area contributed by atoms with Gasteiger partial charge < -0.3 is 10.1 Å². The number of hydrogen-bond acceptors (Lipinski definition) is 4. The summed E-state index contributed by atoms with van der Waals surface area (Å²) in [4.78, 5) is 9.87. The summed E-state index contributed by atoms with van der Waals surface area (Å²) < 4.78 is 5.61. The number of nitrogens with zero attached hydrogens (tertiary/aromatic N) is 2. The van der Waals surface area contributed by atoms with Crippen LogP contribution in [0.25, 0.3) is 22.5 Å². The monoisotopic (exact) mass is 317 g/mol. The molecule has 1 N–H and O–H groups in total. The Morgan fingerprint density at radius 1 is 0.875 bits per heavy atom. The van der Waals surface area contributed by atoms with E-state index < -0.39 is 0 Å². The summed E-state index contributed by atoms with van der Waals surface area (Å²) >= 11 is 0. The number of fused-ring (bicyclic) bond motifs is 1. The Kier molecular flexibility index (Phi) is 3.97. The number of aromatic nitrogens is 2. The van der Waals surface area contributed by atoms with E-state index in [9.17, 15) is 0 Å². The van der Waals surface area contributed by atoms with Crippen molar-refractivity contribution in [3.05, 3.63) is 66.4 Å². The molecule has 1 aliphatic rings. The number of benzene rings is 2. The molecule has 1 aromatic heterocycles. The van der Waals surface area contributed by atoms with Crippen LogP contribution in [0.4, 0.5) is 5.82 Å². The lowest BCUT2D eigenvalue weighted by Crippen LogP contribution is -2.21. The highest BCUT2D eigenvalue weighted by molar-refractivity contribution is 5.79. The van der Waals surface area contributed by atoms with E-state index in [1.54, 1.807) is 7.11 Å². The maximum absolute atomic E-state index is 5.61. The predicted octanol–water partition coefficient (Wildman–Crippen LogP) is 4.31. The van der Waals surface area contributed by atoms with Crippen LogP contribution in [0.3, 0.4) is 0 Å². The van der Waals surface area contributed by atoms with Gasteiger partial charge in [-0.25, -0.2) is 9.97 Å². The van der Waals surface area contributed by atoms with Crippen LogP contribution >= 0.6 is 0 Å². The molecule has 1 atom stereocenters. The molecule has 0 fully saturated rings. The summed E-state index contributed by atoms with van der Waals surface area (Å²) in [6.07, 6.45) is 0.887. The topological polar surface area (TPSA) is 47.0 Å². The van der Waals surface area contributed by atoms with Gasteiger partial charge in [0, 0.05) is 24.8 Å². The fourth-order valence-corrected chi connectivity index (χ4v) is 3.09. The van der Waals surface area contributed by atoms with E-state index in [-0.39, 0.29) is 6.10 Å². The van der Waals surface area contributed by atoms with E-state index in [0.717, 1.165) is 47.0 Å². The van der Waals surface area contributed by atoms with Crippen LogP contribution in [0.5, 0.6) is 0 Å². The molecule has 0 radical (unpaired) electrons. The van der Waals surface area contributed by atoms with Gasteiger partial charge in [-0.15, -0.1) is 0 Å². The molecular formula is C20H19N3O. The molecule has 0 saturated carbocycles. The largest absolute Gasteiger partial charge is 0.375 e. The van der Waals surface area contributed by atoms with Crippen molar-refractivity contribution in [2.45, 2.75) is 12.5 Å². The Labute approximate surface area is 141 Å². The van der Waals surface area contributed by atoms with Gasteiger partial charge in [-0.1, -0.05) is 60.7 Å². The second kappa shape index (κ2) is 6.42. The fourth-order valence-electron chi connectivity index (χ4n) is 3.09. The molecule has 0 amide bonds. The molecule has 4 rings (SSSR count). The molecule has 3 aromatic rings. The molecule has 0 bridgehead atoms. The summed E-state index contributed by atoms with van der Waals surface area (Å²) in [6, 6.07) is 20.4. The maximum Gasteiger partial charge on any atom is 0.151 e. The molecular weight excluding hydrogens is 298 g/mol. The molecule has 2 heterocycles. The van der Waals surface area contributed by atoms with E-state index in [1.165, 1.54) is 0 Å². The van der Waals surface area contributed by atoms with Crippen LogP contribution in [-0.4, -0.2) is 23.6 Å². The van der Waals surface area contributed by atoms with Crippen LogP contribution in [-0.2, 0) is 4.74 Å². The first-order valence-electron chi connectivity index (χ1n) is 8.16. The molecule has 2 aromatic carbocycles. The van der Waals surface area contributed by atoms with Gasteiger partial charge in [0.15, 0.2) is 5.82 Å². The molecule has 0 saturated heterocycles. The van der Waals surface area contributed by atoms with E-state index in [1.807, 2.05) is 36.4 Å². The van der Waals surface area contributed by atoms with Gasteiger partial charge in [0.2, 0.25) is 0 Å². The molecule has 4 heteroatoms. The smallest absolute Gasteiger partial charge is 0.151 e. The van der Waals surface area contributed by atoms with Gasteiger partial charge in [-0.2, -0.15) is 0 Å². The van der Waals surface area contributed by atoms with Gasteiger partial charge in [0.05, 0.1) is 11.4 Å². The Morgan fingerprint density at radius 3 is 2.04 bits per heavy atom. The third-order valence-electron chi connectivity index (χ3n) is 4.31. The van der Waals surface area contributed by atoms with Crippen molar-refractivity contribution in [2.75, 3.05) is 19.0 Å². The highest BCUT2D eigenvalue weighted by Gasteiger charge is 2.25. The van der Waals surface area contributed by atoms with Gasteiger partial charge in [-0.3, -0.25) is 0 Å². The number of ether oxygens (including phenoxy) is 1. The maximum atomic E-state index is 5.61. The minimum Gasteiger partial charge on any atom is -0.375 e. The molecule has 0 spiro atoms. The van der Waals surface area contributed by atoms with Gasteiger partial charge in [-0.05, 0) is 6.42 Å². The van der Waals surface area contributed by atoms with E-state index in [0.29, 0.717) is 0 Å². The Morgan fingerprint density at radius 2 is 1.46 bits per heavy atom. The second-order valence-electron chi connectivity index (χ2n) is 5.83. The number of rotatable bonds is 3. The van der Waals surface area contributed by atoms with Crippen LogP contribution in [0.1, 0.15) is 18.2 Å². The van der Waals surface area contributed by atoms with Crippen molar-refractivity contribution in [1.82, 2.24) is 9.97 Å².